The van der Waals surface area contributed by atoms with Gasteiger partial charge in [-0.2, -0.15) is 0 Å². The molecule has 1 aromatic rings. The molecule has 1 heterocycles. The van der Waals surface area contributed by atoms with Gasteiger partial charge in [-0.3, -0.25) is 9.78 Å². The van der Waals surface area contributed by atoms with Crippen LogP contribution < -0.4 is 5.73 Å². The molecule has 0 radical (unpaired) electrons. The molecule has 0 aliphatic heterocycles. The van der Waals surface area contributed by atoms with Crippen LogP contribution in [0.4, 0.5) is 0 Å². The Morgan fingerprint density at radius 1 is 1.59 bits per heavy atom. The van der Waals surface area contributed by atoms with Crippen molar-refractivity contribution in [3.05, 3.63) is 29.6 Å². The smallest absolute Gasteiger partial charge is 0.273 e. The first-order chi connectivity index (χ1) is 7.93. The third-order valence-corrected chi connectivity index (χ3v) is 2.55. The maximum Gasteiger partial charge on any atom is 0.273 e. The van der Waals surface area contributed by atoms with Crippen LogP contribution in [-0.4, -0.2) is 33.4 Å². The Balaban J connectivity index is 3.00. The molecule has 0 bridgehead atoms. The molecule has 4 nitrogen and oxygen atoms in total. The summed E-state index contributed by atoms with van der Waals surface area (Å²) in [6.07, 6.45) is 1.61. The number of aromatic nitrogens is 1. The molecule has 0 fully saturated rings. The summed E-state index contributed by atoms with van der Waals surface area (Å²) >= 11 is 4.86. The van der Waals surface area contributed by atoms with Crippen LogP contribution in [0.2, 0.25) is 0 Å². The molecule has 0 atom stereocenters. The third-order valence-electron chi connectivity index (χ3n) is 2.42. The van der Waals surface area contributed by atoms with Gasteiger partial charge in [0.05, 0.1) is 11.5 Å². The van der Waals surface area contributed by atoms with Crippen molar-refractivity contribution in [1.82, 2.24) is 9.88 Å². The van der Waals surface area contributed by atoms with E-state index in [1.165, 1.54) is 0 Å². The second kappa shape index (κ2) is 5.72. The lowest BCUT2D eigenvalue weighted by molar-refractivity contribution is 0.0729. The summed E-state index contributed by atoms with van der Waals surface area (Å²) in [6, 6.07) is 3.70. The number of carbonyl (C=O) groups is 1. The van der Waals surface area contributed by atoms with Crippen LogP contribution in [0.1, 0.15) is 29.9 Å². The quantitative estimate of drug-likeness (QED) is 0.824. The number of carbonyl (C=O) groups excluding carboxylic acids is 1. The van der Waals surface area contributed by atoms with E-state index in [9.17, 15) is 4.79 Å². The van der Waals surface area contributed by atoms with Crippen molar-refractivity contribution >= 4 is 23.1 Å². The summed E-state index contributed by atoms with van der Waals surface area (Å²) < 4.78 is 0. The van der Waals surface area contributed by atoms with Gasteiger partial charge in [0.15, 0.2) is 0 Å². The highest BCUT2D eigenvalue weighted by Crippen LogP contribution is 2.10. The number of pyridine rings is 1. The monoisotopic (exact) mass is 251 g/mol. The Morgan fingerprint density at radius 3 is 2.71 bits per heavy atom. The molecular weight excluding hydrogens is 234 g/mol. The molecule has 1 rings (SSSR count). The summed E-state index contributed by atoms with van der Waals surface area (Å²) in [4.78, 5) is 18.3. The average molecular weight is 251 g/mol. The van der Waals surface area contributed by atoms with Crippen LogP contribution in [0.25, 0.3) is 0 Å². The van der Waals surface area contributed by atoms with Crippen LogP contribution >= 0.6 is 12.2 Å². The molecule has 0 aromatic carbocycles. The molecule has 1 amide bonds. The first kappa shape index (κ1) is 13.6. The van der Waals surface area contributed by atoms with Crippen molar-refractivity contribution in [2.24, 2.45) is 5.73 Å². The van der Waals surface area contributed by atoms with Crippen LogP contribution in [-0.2, 0) is 0 Å². The third kappa shape index (κ3) is 3.49. The fourth-order valence-corrected chi connectivity index (χ4v) is 1.64. The Bertz CT molecular complexity index is 432. The number of amides is 1. The van der Waals surface area contributed by atoms with Gasteiger partial charge >= 0.3 is 0 Å². The van der Waals surface area contributed by atoms with Crippen LogP contribution in [0.5, 0.6) is 0 Å². The molecule has 5 heteroatoms. The topological polar surface area (TPSA) is 59.2 Å². The molecule has 0 saturated heterocycles. The molecule has 0 saturated carbocycles. The van der Waals surface area contributed by atoms with Gasteiger partial charge in [-0.15, -0.1) is 0 Å². The zero-order chi connectivity index (χ0) is 13.0. The minimum absolute atomic E-state index is 0.0328. The van der Waals surface area contributed by atoms with Crippen molar-refractivity contribution in [3.8, 4) is 0 Å². The predicted molar refractivity (Wildman–Crippen MR) is 71.9 cm³/mol. The van der Waals surface area contributed by atoms with E-state index in [2.05, 4.69) is 4.98 Å². The highest BCUT2D eigenvalue weighted by Gasteiger charge is 2.21. The first-order valence-electron chi connectivity index (χ1n) is 5.44. The number of rotatable bonds is 4. The number of nitrogens with two attached hydrogens (primary N) is 1. The fraction of sp³-hybridized carbons (Fsp3) is 0.417. The number of hydrogen-bond acceptors (Lipinski definition) is 3. The van der Waals surface area contributed by atoms with Crippen molar-refractivity contribution < 1.29 is 4.79 Å². The maximum absolute atomic E-state index is 12.3. The molecule has 2 N–H and O–H groups in total. The summed E-state index contributed by atoms with van der Waals surface area (Å²) in [7, 11) is 0. The van der Waals surface area contributed by atoms with Gasteiger partial charge in [0.25, 0.3) is 5.91 Å². The second-order valence-corrected chi connectivity index (χ2v) is 4.69. The van der Waals surface area contributed by atoms with Crippen LogP contribution in [0.3, 0.4) is 0 Å². The minimum Gasteiger partial charge on any atom is -0.392 e. The zero-order valence-corrected chi connectivity index (χ0v) is 11.1. The van der Waals surface area contributed by atoms with Gasteiger partial charge in [0, 0.05) is 12.2 Å². The standard InChI is InChI=1S/C12H17N3OS/c1-8(2)15(7-10(13)17)12(16)11-9(3)5-4-6-14-11/h4-6,8H,7H2,1-3H3,(H2,13,17). The van der Waals surface area contributed by atoms with Crippen molar-refractivity contribution in [2.75, 3.05) is 6.54 Å². The van der Waals surface area contributed by atoms with Gasteiger partial charge in [-0.25, -0.2) is 0 Å². The summed E-state index contributed by atoms with van der Waals surface area (Å²) in [5.74, 6) is -0.133. The van der Waals surface area contributed by atoms with E-state index in [0.717, 1.165) is 5.56 Å². The lowest BCUT2D eigenvalue weighted by atomic mass is 10.2. The molecule has 0 unspecified atom stereocenters. The number of nitrogens with zero attached hydrogens (tertiary/aromatic N) is 2. The van der Waals surface area contributed by atoms with Crippen molar-refractivity contribution in [2.45, 2.75) is 26.8 Å². The predicted octanol–water partition coefficient (Wildman–Crippen LogP) is 1.53. The van der Waals surface area contributed by atoms with Crippen LogP contribution in [0.15, 0.2) is 18.3 Å². The van der Waals surface area contributed by atoms with E-state index in [1.54, 1.807) is 17.2 Å². The molecule has 92 valence electrons. The molecule has 1 aromatic heterocycles. The number of thiocarbonyl (C=S) groups is 1. The van der Waals surface area contributed by atoms with E-state index in [0.29, 0.717) is 10.7 Å². The lowest BCUT2D eigenvalue weighted by Gasteiger charge is -2.26. The molecule has 0 spiro atoms. The normalized spacial score (nSPS) is 10.4. The molecular formula is C12H17N3OS. The fourth-order valence-electron chi connectivity index (χ4n) is 1.50. The van der Waals surface area contributed by atoms with Gasteiger partial charge in [0.1, 0.15) is 5.69 Å². The van der Waals surface area contributed by atoms with E-state index in [1.807, 2.05) is 26.8 Å². The Labute approximate surface area is 107 Å². The van der Waals surface area contributed by atoms with Gasteiger partial charge in [-0.1, -0.05) is 18.3 Å². The summed E-state index contributed by atoms with van der Waals surface area (Å²) in [5.41, 5.74) is 6.81. The number of hydrogen-bond donors (Lipinski definition) is 1. The maximum atomic E-state index is 12.3. The lowest BCUT2D eigenvalue weighted by Crippen LogP contribution is -2.42. The zero-order valence-electron chi connectivity index (χ0n) is 10.3. The van der Waals surface area contributed by atoms with E-state index in [4.69, 9.17) is 18.0 Å². The highest BCUT2D eigenvalue weighted by atomic mass is 32.1. The van der Waals surface area contributed by atoms with Crippen LogP contribution in [0, 0.1) is 6.92 Å². The number of aryl methyl sites for hydroxylation is 1. The average Bonchev–Trinajstić information content (AvgIpc) is 2.25. The Hall–Kier alpha value is -1.49. The van der Waals surface area contributed by atoms with Gasteiger partial charge < -0.3 is 10.6 Å². The largest absolute Gasteiger partial charge is 0.392 e. The second-order valence-electron chi connectivity index (χ2n) is 4.16. The summed E-state index contributed by atoms with van der Waals surface area (Å²) in [5, 5.41) is 0. The molecule has 0 aliphatic carbocycles. The van der Waals surface area contributed by atoms with Crippen molar-refractivity contribution in [1.29, 1.82) is 0 Å². The summed E-state index contributed by atoms with van der Waals surface area (Å²) in [6.45, 7) is 5.99. The molecule has 17 heavy (non-hydrogen) atoms. The van der Waals surface area contributed by atoms with Gasteiger partial charge in [-0.05, 0) is 32.4 Å². The SMILES string of the molecule is Cc1cccnc1C(=O)N(CC(N)=S)C(C)C. The van der Waals surface area contributed by atoms with Gasteiger partial charge in [0.2, 0.25) is 0 Å². The van der Waals surface area contributed by atoms with E-state index in [-0.39, 0.29) is 18.5 Å². The Kier molecular flexibility index (Phi) is 4.57. The first-order valence-corrected chi connectivity index (χ1v) is 5.85. The Morgan fingerprint density at radius 2 is 2.24 bits per heavy atom. The van der Waals surface area contributed by atoms with E-state index >= 15 is 0 Å². The molecule has 0 aliphatic rings. The van der Waals surface area contributed by atoms with Crippen molar-refractivity contribution in [3.63, 3.8) is 0 Å². The van der Waals surface area contributed by atoms with E-state index < -0.39 is 0 Å². The highest BCUT2D eigenvalue weighted by molar-refractivity contribution is 7.80. The minimum atomic E-state index is -0.133.